The van der Waals surface area contributed by atoms with Gasteiger partial charge < -0.3 is 19.9 Å². The first-order valence-electron chi connectivity index (χ1n) is 11.0. The predicted molar refractivity (Wildman–Crippen MR) is 124 cm³/mol. The van der Waals surface area contributed by atoms with Crippen molar-refractivity contribution in [3.63, 3.8) is 0 Å². The molecule has 3 aromatic heterocycles. The fourth-order valence-electron chi connectivity index (χ4n) is 4.55. The largest absolute Gasteiger partial charge is 0.611 e. The maximum absolute atomic E-state index is 12.7. The molecule has 10 heteroatoms. The summed E-state index contributed by atoms with van der Waals surface area (Å²) in [4.78, 5) is 23.0. The molecule has 0 spiro atoms. The number of hydrogen-bond acceptors (Lipinski definition) is 9. The molecule has 8 nitrogen and oxygen atoms in total. The van der Waals surface area contributed by atoms with E-state index in [1.807, 2.05) is 18.2 Å². The first-order chi connectivity index (χ1) is 15.6. The first-order valence-corrected chi connectivity index (χ1v) is 13.1. The molecule has 0 unspecified atom stereocenters. The monoisotopic (exact) mass is 468 g/mol. The van der Waals surface area contributed by atoms with Gasteiger partial charge in [-0.3, -0.25) is 4.98 Å². The summed E-state index contributed by atoms with van der Waals surface area (Å²) in [6.07, 6.45) is 6.19. The summed E-state index contributed by atoms with van der Waals surface area (Å²) in [6, 6.07) is 5.88. The van der Waals surface area contributed by atoms with E-state index in [0.29, 0.717) is 30.5 Å². The topological polar surface area (TPSA) is 110 Å². The number of rotatable bonds is 5. The standard InChI is InChI=1S/C22H24N6O2S2/c29-13-22(7-3-8-22)27-19-18-15(6-11-32(18)30)25-21(26-19)28-10-5-14-17(12-28)31-20(24-14)16-4-1-2-9-23-16/h1-2,4,9,29H,3,5-8,10-13H2,(H,25,26,27)/t32-/m1/s1. The number of aromatic nitrogens is 4. The van der Waals surface area contributed by atoms with Crippen molar-refractivity contribution in [3.05, 3.63) is 40.7 Å². The SMILES string of the molecule is [O-][S@+]1CCc2nc(N3CCc4nc(-c5ccccn5)sc4C3)nc(NC3(CO)CCC3)c21. The molecule has 0 saturated heterocycles. The van der Waals surface area contributed by atoms with Gasteiger partial charge in [-0.05, 0) is 42.6 Å². The highest BCUT2D eigenvalue weighted by atomic mass is 32.2. The highest BCUT2D eigenvalue weighted by Crippen LogP contribution is 2.40. The summed E-state index contributed by atoms with van der Waals surface area (Å²) in [5.74, 6) is 1.88. The normalized spacial score (nSPS) is 21.1. The van der Waals surface area contributed by atoms with Crippen LogP contribution < -0.4 is 10.2 Å². The van der Waals surface area contributed by atoms with Crippen LogP contribution in [0.1, 0.15) is 35.5 Å². The van der Waals surface area contributed by atoms with Gasteiger partial charge in [-0.1, -0.05) is 6.07 Å². The lowest BCUT2D eigenvalue weighted by atomic mass is 9.77. The second-order valence-electron chi connectivity index (χ2n) is 8.64. The van der Waals surface area contributed by atoms with Gasteiger partial charge in [0, 0.05) is 30.5 Å². The minimum absolute atomic E-state index is 0.0536. The number of aliphatic hydroxyl groups excluding tert-OH is 1. The average Bonchev–Trinajstić information content (AvgIpc) is 3.40. The summed E-state index contributed by atoms with van der Waals surface area (Å²) in [5.41, 5.74) is 2.54. The van der Waals surface area contributed by atoms with Crippen LogP contribution in [0.25, 0.3) is 10.7 Å². The Morgan fingerprint density at radius 3 is 2.84 bits per heavy atom. The van der Waals surface area contributed by atoms with E-state index in [0.717, 1.165) is 59.2 Å². The molecular formula is C22H24N6O2S2. The van der Waals surface area contributed by atoms with Crippen molar-refractivity contribution in [2.24, 2.45) is 0 Å². The van der Waals surface area contributed by atoms with Gasteiger partial charge in [-0.25, -0.2) is 9.97 Å². The minimum atomic E-state index is -1.09. The maximum atomic E-state index is 12.7. The molecule has 0 bridgehead atoms. The highest BCUT2D eigenvalue weighted by molar-refractivity contribution is 7.91. The number of aryl methyl sites for hydroxylation is 1. The van der Waals surface area contributed by atoms with Crippen LogP contribution in [-0.2, 0) is 30.6 Å². The highest BCUT2D eigenvalue weighted by Gasteiger charge is 2.41. The molecule has 5 heterocycles. The van der Waals surface area contributed by atoms with Crippen molar-refractivity contribution in [1.82, 2.24) is 19.9 Å². The third-order valence-corrected chi connectivity index (χ3v) is 9.13. The van der Waals surface area contributed by atoms with Crippen LogP contribution in [0.5, 0.6) is 0 Å². The maximum Gasteiger partial charge on any atom is 0.228 e. The predicted octanol–water partition coefficient (Wildman–Crippen LogP) is 2.55. The van der Waals surface area contributed by atoms with Crippen LogP contribution in [0.15, 0.2) is 29.3 Å². The number of anilines is 2. The van der Waals surface area contributed by atoms with Gasteiger partial charge in [0.1, 0.15) is 16.5 Å². The summed E-state index contributed by atoms with van der Waals surface area (Å²) >= 11 is 0.581. The molecule has 1 saturated carbocycles. The summed E-state index contributed by atoms with van der Waals surface area (Å²) in [6.45, 7) is 1.54. The Hall–Kier alpha value is -2.27. The van der Waals surface area contributed by atoms with Crippen molar-refractivity contribution >= 4 is 34.3 Å². The smallest absolute Gasteiger partial charge is 0.228 e. The molecule has 1 fully saturated rings. The molecular weight excluding hydrogens is 444 g/mol. The number of thiazole rings is 1. The zero-order valence-corrected chi connectivity index (χ0v) is 19.2. The van der Waals surface area contributed by atoms with Crippen molar-refractivity contribution in [2.45, 2.75) is 49.1 Å². The van der Waals surface area contributed by atoms with Gasteiger partial charge >= 0.3 is 0 Å². The molecule has 32 heavy (non-hydrogen) atoms. The second kappa shape index (κ2) is 7.95. The number of hydrogen-bond donors (Lipinski definition) is 2. The number of nitrogens with one attached hydrogen (secondary N) is 1. The molecule has 166 valence electrons. The fourth-order valence-corrected chi connectivity index (χ4v) is 6.96. The van der Waals surface area contributed by atoms with Crippen molar-refractivity contribution in [3.8, 4) is 10.7 Å². The lowest BCUT2D eigenvalue weighted by Crippen LogP contribution is -2.49. The van der Waals surface area contributed by atoms with Crippen LogP contribution in [0.3, 0.4) is 0 Å². The lowest BCUT2D eigenvalue weighted by Gasteiger charge is -2.41. The quantitative estimate of drug-likeness (QED) is 0.550. The first kappa shape index (κ1) is 20.3. The third-order valence-electron chi connectivity index (χ3n) is 6.57. The Morgan fingerprint density at radius 1 is 1.19 bits per heavy atom. The number of fused-ring (bicyclic) bond motifs is 2. The molecule has 2 aliphatic heterocycles. The molecule has 3 aliphatic rings. The van der Waals surface area contributed by atoms with E-state index in [-0.39, 0.29) is 12.1 Å². The van der Waals surface area contributed by atoms with E-state index in [1.54, 1.807) is 17.5 Å². The second-order valence-corrected chi connectivity index (χ2v) is 11.2. The van der Waals surface area contributed by atoms with Crippen LogP contribution in [0.4, 0.5) is 11.8 Å². The average molecular weight is 469 g/mol. The Kier molecular flexibility index (Phi) is 5.05. The molecule has 3 aromatic rings. The number of nitrogens with zero attached hydrogens (tertiary/aromatic N) is 5. The molecule has 0 radical (unpaired) electrons. The molecule has 6 rings (SSSR count). The molecule has 2 N–H and O–H groups in total. The third kappa shape index (κ3) is 3.45. The summed E-state index contributed by atoms with van der Waals surface area (Å²) < 4.78 is 12.7. The van der Waals surface area contributed by atoms with Gasteiger partial charge in [0.2, 0.25) is 10.8 Å². The molecule has 1 aliphatic carbocycles. The van der Waals surface area contributed by atoms with E-state index in [1.165, 1.54) is 4.88 Å². The van der Waals surface area contributed by atoms with E-state index in [2.05, 4.69) is 15.2 Å². The van der Waals surface area contributed by atoms with Crippen molar-refractivity contribution in [1.29, 1.82) is 0 Å². The molecule has 0 aromatic carbocycles. The lowest BCUT2D eigenvalue weighted by molar-refractivity contribution is 0.143. The van der Waals surface area contributed by atoms with Crippen LogP contribution in [-0.4, -0.2) is 54.0 Å². The molecule has 0 amide bonds. The minimum Gasteiger partial charge on any atom is -0.611 e. The van der Waals surface area contributed by atoms with E-state index in [9.17, 15) is 9.66 Å². The van der Waals surface area contributed by atoms with Gasteiger partial charge in [-0.15, -0.1) is 11.3 Å². The Labute approximate surface area is 193 Å². The Balaban J connectivity index is 1.31. The molecule has 1 atom stereocenters. The number of aliphatic hydroxyl groups is 1. The van der Waals surface area contributed by atoms with Crippen LogP contribution in [0.2, 0.25) is 0 Å². The van der Waals surface area contributed by atoms with Gasteiger partial charge in [0.05, 0.1) is 30.1 Å². The van der Waals surface area contributed by atoms with E-state index >= 15 is 0 Å². The van der Waals surface area contributed by atoms with Crippen molar-refractivity contribution < 1.29 is 9.66 Å². The van der Waals surface area contributed by atoms with E-state index < -0.39 is 11.2 Å². The van der Waals surface area contributed by atoms with E-state index in [4.69, 9.17) is 15.0 Å². The Bertz CT molecular complexity index is 1150. The summed E-state index contributed by atoms with van der Waals surface area (Å²) in [5, 5.41) is 14.3. The zero-order chi connectivity index (χ0) is 21.7. The number of pyridine rings is 1. The Morgan fingerprint density at radius 2 is 2.09 bits per heavy atom. The van der Waals surface area contributed by atoms with Gasteiger partial charge in [0.25, 0.3) is 0 Å². The van der Waals surface area contributed by atoms with Crippen molar-refractivity contribution in [2.75, 3.05) is 29.1 Å². The van der Waals surface area contributed by atoms with Crippen LogP contribution >= 0.6 is 11.3 Å². The fraction of sp³-hybridized carbons (Fsp3) is 0.455. The summed E-state index contributed by atoms with van der Waals surface area (Å²) in [7, 11) is 0. The zero-order valence-electron chi connectivity index (χ0n) is 17.6. The van der Waals surface area contributed by atoms with Crippen LogP contribution in [0, 0.1) is 0 Å². The van der Waals surface area contributed by atoms with Gasteiger partial charge in [0.15, 0.2) is 5.82 Å². The van der Waals surface area contributed by atoms with Gasteiger partial charge in [-0.2, -0.15) is 4.98 Å².